The lowest BCUT2D eigenvalue weighted by Gasteiger charge is -2.12. The number of anilines is 1. The minimum absolute atomic E-state index is 0.449. The van der Waals surface area contributed by atoms with Gasteiger partial charge in [0.2, 0.25) is 0 Å². The van der Waals surface area contributed by atoms with E-state index in [0.717, 1.165) is 6.42 Å². The van der Waals surface area contributed by atoms with Crippen LogP contribution < -0.4 is 15.2 Å². The van der Waals surface area contributed by atoms with E-state index in [-0.39, 0.29) is 0 Å². The summed E-state index contributed by atoms with van der Waals surface area (Å²) in [5.41, 5.74) is 6.43. The van der Waals surface area contributed by atoms with Gasteiger partial charge in [0.1, 0.15) is 17.2 Å². The normalized spacial score (nSPS) is 10.3. The number of benzene rings is 2. The minimum Gasteiger partial charge on any atom is -0.491 e. The molecule has 2 N–H and O–H groups in total. The van der Waals surface area contributed by atoms with Crippen LogP contribution >= 0.6 is 23.2 Å². The first-order chi connectivity index (χ1) is 9.60. The van der Waals surface area contributed by atoms with Crippen LogP contribution in [0.3, 0.4) is 0 Å². The smallest absolute Gasteiger partial charge is 0.146 e. The Morgan fingerprint density at radius 3 is 2.55 bits per heavy atom. The zero-order chi connectivity index (χ0) is 14.5. The molecule has 20 heavy (non-hydrogen) atoms. The van der Waals surface area contributed by atoms with Crippen molar-refractivity contribution in [3.8, 4) is 17.2 Å². The Hall–Kier alpha value is -1.58. The molecule has 0 radical (unpaired) electrons. The van der Waals surface area contributed by atoms with E-state index in [1.165, 1.54) is 0 Å². The summed E-state index contributed by atoms with van der Waals surface area (Å²) in [6.07, 6.45) is 0.910. The van der Waals surface area contributed by atoms with Crippen molar-refractivity contribution in [2.24, 2.45) is 0 Å². The summed E-state index contributed by atoms with van der Waals surface area (Å²) < 4.78 is 11.3. The summed E-state index contributed by atoms with van der Waals surface area (Å²) in [6, 6.07) is 10.3. The third-order valence-electron chi connectivity index (χ3n) is 2.57. The van der Waals surface area contributed by atoms with Crippen molar-refractivity contribution in [3.63, 3.8) is 0 Å². The topological polar surface area (TPSA) is 44.5 Å². The van der Waals surface area contributed by atoms with Crippen molar-refractivity contribution >= 4 is 28.9 Å². The molecule has 0 aromatic heterocycles. The molecule has 2 rings (SSSR count). The summed E-state index contributed by atoms with van der Waals surface area (Å²) in [6.45, 7) is 2.64. The molecule has 0 spiro atoms. The van der Waals surface area contributed by atoms with Gasteiger partial charge in [-0.1, -0.05) is 30.1 Å². The Bertz CT molecular complexity index is 602. The van der Waals surface area contributed by atoms with Crippen LogP contribution in [0, 0.1) is 0 Å². The predicted molar refractivity (Wildman–Crippen MR) is 83.2 cm³/mol. The van der Waals surface area contributed by atoms with Crippen molar-refractivity contribution in [2.75, 3.05) is 12.3 Å². The van der Waals surface area contributed by atoms with Crippen molar-refractivity contribution in [2.45, 2.75) is 13.3 Å². The fraction of sp³-hybridized carbons (Fsp3) is 0.200. The Morgan fingerprint density at radius 1 is 1.05 bits per heavy atom. The molecule has 0 saturated heterocycles. The molecule has 0 atom stereocenters. The number of nitrogen functional groups attached to an aromatic ring is 1. The lowest BCUT2D eigenvalue weighted by molar-refractivity contribution is 0.317. The standard InChI is InChI=1S/C15H15Cl2NO2/c1-2-7-19-15-9-11(4-5-13(15)18)20-14-6-3-10(16)8-12(14)17/h3-6,8-9H,2,7,18H2,1H3. The van der Waals surface area contributed by atoms with Crippen LogP contribution in [0.25, 0.3) is 0 Å². The quantitative estimate of drug-likeness (QED) is 0.776. The molecule has 106 valence electrons. The number of rotatable bonds is 5. The lowest BCUT2D eigenvalue weighted by atomic mass is 10.2. The van der Waals surface area contributed by atoms with Crippen molar-refractivity contribution in [1.29, 1.82) is 0 Å². The summed E-state index contributed by atoms with van der Waals surface area (Å²) >= 11 is 11.9. The summed E-state index contributed by atoms with van der Waals surface area (Å²) in [7, 11) is 0. The Labute approximate surface area is 128 Å². The Morgan fingerprint density at radius 2 is 1.85 bits per heavy atom. The molecule has 0 aliphatic heterocycles. The van der Waals surface area contributed by atoms with E-state index in [4.69, 9.17) is 38.4 Å². The van der Waals surface area contributed by atoms with Gasteiger partial charge in [-0.25, -0.2) is 0 Å². The first-order valence-corrected chi connectivity index (χ1v) is 7.01. The maximum atomic E-state index is 6.07. The molecular weight excluding hydrogens is 297 g/mol. The Balaban J connectivity index is 2.20. The molecule has 0 aliphatic rings. The molecule has 0 unspecified atom stereocenters. The fourth-order valence-electron chi connectivity index (χ4n) is 1.60. The molecule has 2 aromatic carbocycles. The van der Waals surface area contributed by atoms with E-state index in [9.17, 15) is 0 Å². The minimum atomic E-state index is 0.449. The summed E-state index contributed by atoms with van der Waals surface area (Å²) in [4.78, 5) is 0. The van der Waals surface area contributed by atoms with Gasteiger partial charge < -0.3 is 15.2 Å². The largest absolute Gasteiger partial charge is 0.491 e. The van der Waals surface area contributed by atoms with E-state index in [0.29, 0.717) is 39.6 Å². The second-order valence-electron chi connectivity index (χ2n) is 4.22. The van der Waals surface area contributed by atoms with Gasteiger partial charge in [0.15, 0.2) is 0 Å². The van der Waals surface area contributed by atoms with Gasteiger partial charge >= 0.3 is 0 Å². The van der Waals surface area contributed by atoms with Crippen LogP contribution in [0.1, 0.15) is 13.3 Å². The van der Waals surface area contributed by atoms with Gasteiger partial charge in [-0.15, -0.1) is 0 Å². The van der Waals surface area contributed by atoms with Gasteiger partial charge in [-0.3, -0.25) is 0 Å². The van der Waals surface area contributed by atoms with Crippen molar-refractivity contribution < 1.29 is 9.47 Å². The third kappa shape index (κ3) is 3.71. The summed E-state index contributed by atoms with van der Waals surface area (Å²) in [5.74, 6) is 1.74. The van der Waals surface area contributed by atoms with Gasteiger partial charge in [-0.05, 0) is 36.8 Å². The average Bonchev–Trinajstić information content (AvgIpc) is 2.42. The van der Waals surface area contributed by atoms with Crippen molar-refractivity contribution in [3.05, 3.63) is 46.4 Å². The second kappa shape index (κ2) is 6.73. The van der Waals surface area contributed by atoms with Gasteiger partial charge in [0.05, 0.1) is 17.3 Å². The van der Waals surface area contributed by atoms with Crippen LogP contribution in [0.5, 0.6) is 17.2 Å². The zero-order valence-corrected chi connectivity index (χ0v) is 12.5. The second-order valence-corrected chi connectivity index (χ2v) is 5.07. The van der Waals surface area contributed by atoms with Crippen LogP contribution in [0.4, 0.5) is 5.69 Å². The van der Waals surface area contributed by atoms with Gasteiger partial charge in [0.25, 0.3) is 0 Å². The SMILES string of the molecule is CCCOc1cc(Oc2ccc(Cl)cc2Cl)ccc1N. The number of nitrogens with two attached hydrogens (primary N) is 1. The Kier molecular flexibility index (Phi) is 4.99. The number of hydrogen-bond donors (Lipinski definition) is 1. The van der Waals surface area contributed by atoms with Crippen LogP contribution in [-0.4, -0.2) is 6.61 Å². The molecule has 3 nitrogen and oxygen atoms in total. The number of ether oxygens (including phenoxy) is 2. The maximum absolute atomic E-state index is 6.07. The molecule has 0 fully saturated rings. The highest BCUT2D eigenvalue weighted by molar-refractivity contribution is 6.35. The van der Waals surface area contributed by atoms with Crippen molar-refractivity contribution in [1.82, 2.24) is 0 Å². The highest BCUT2D eigenvalue weighted by atomic mass is 35.5. The average molecular weight is 312 g/mol. The van der Waals surface area contributed by atoms with Crippen LogP contribution in [0.15, 0.2) is 36.4 Å². The van der Waals surface area contributed by atoms with E-state index in [1.54, 1.807) is 36.4 Å². The third-order valence-corrected chi connectivity index (χ3v) is 3.10. The molecule has 0 saturated carbocycles. The predicted octanol–water partition coefficient (Wildman–Crippen LogP) is 5.16. The van der Waals surface area contributed by atoms with E-state index < -0.39 is 0 Å². The van der Waals surface area contributed by atoms with Crippen LogP contribution in [-0.2, 0) is 0 Å². The van der Waals surface area contributed by atoms with E-state index in [2.05, 4.69) is 0 Å². The maximum Gasteiger partial charge on any atom is 0.146 e. The monoisotopic (exact) mass is 311 g/mol. The number of hydrogen-bond acceptors (Lipinski definition) is 3. The first kappa shape index (κ1) is 14.8. The highest BCUT2D eigenvalue weighted by Crippen LogP contribution is 2.34. The first-order valence-electron chi connectivity index (χ1n) is 6.25. The molecule has 0 bridgehead atoms. The van der Waals surface area contributed by atoms with E-state index >= 15 is 0 Å². The van der Waals surface area contributed by atoms with E-state index in [1.807, 2.05) is 6.92 Å². The summed E-state index contributed by atoms with van der Waals surface area (Å²) in [5, 5.41) is 1.01. The lowest BCUT2D eigenvalue weighted by Crippen LogP contribution is -1.99. The molecular formula is C15H15Cl2NO2. The highest BCUT2D eigenvalue weighted by Gasteiger charge is 2.07. The number of halogens is 2. The molecule has 0 aliphatic carbocycles. The molecule has 0 amide bonds. The molecule has 2 aromatic rings. The zero-order valence-electron chi connectivity index (χ0n) is 11.0. The van der Waals surface area contributed by atoms with Gasteiger partial charge in [0, 0.05) is 11.1 Å². The van der Waals surface area contributed by atoms with Crippen LogP contribution in [0.2, 0.25) is 10.0 Å². The molecule has 5 heteroatoms. The fourth-order valence-corrected chi connectivity index (χ4v) is 2.05. The molecule has 0 heterocycles. The van der Waals surface area contributed by atoms with Gasteiger partial charge in [-0.2, -0.15) is 0 Å².